The Morgan fingerprint density at radius 2 is 1.96 bits per heavy atom. The van der Waals surface area contributed by atoms with Crippen molar-refractivity contribution in [1.82, 2.24) is 10.0 Å². The van der Waals surface area contributed by atoms with Gasteiger partial charge in [-0.25, -0.2) is 13.1 Å². The van der Waals surface area contributed by atoms with Crippen LogP contribution >= 0.6 is 0 Å². The fraction of sp³-hybridized carbons (Fsp3) is 0.611. The number of nitrogens with one attached hydrogen (secondary N) is 2. The zero-order valence-electron chi connectivity index (χ0n) is 14.5. The Morgan fingerprint density at radius 3 is 2.64 bits per heavy atom. The number of benzene rings is 1. The minimum atomic E-state index is -3.58. The Bertz CT molecular complexity index is 781. The van der Waals surface area contributed by atoms with Crippen LogP contribution in [-0.4, -0.2) is 39.0 Å². The van der Waals surface area contributed by atoms with Gasteiger partial charge in [-0.2, -0.15) is 0 Å². The largest absolute Gasteiger partial charge is 0.312 e. The summed E-state index contributed by atoms with van der Waals surface area (Å²) in [7, 11) is -3.58. The molecule has 4 rings (SSSR count). The third-order valence-electron chi connectivity index (χ3n) is 5.66. The van der Waals surface area contributed by atoms with Crippen LogP contribution in [0, 0.1) is 0 Å². The Morgan fingerprint density at radius 1 is 1.24 bits per heavy atom. The SMILES string of the molecule is CC(=O)N1CCCc2ccc(S(=O)(=O)NC3CC4CCC(C3)N4)cc21. The van der Waals surface area contributed by atoms with E-state index in [2.05, 4.69) is 10.0 Å². The summed E-state index contributed by atoms with van der Waals surface area (Å²) in [5.74, 6) is -0.0432. The first kappa shape index (κ1) is 17.0. The van der Waals surface area contributed by atoms with Gasteiger partial charge in [-0.3, -0.25) is 4.79 Å². The van der Waals surface area contributed by atoms with E-state index < -0.39 is 10.0 Å². The number of amides is 1. The smallest absolute Gasteiger partial charge is 0.240 e. The predicted octanol–water partition coefficient (Wildman–Crippen LogP) is 1.55. The normalized spacial score (nSPS) is 28.7. The summed E-state index contributed by atoms with van der Waals surface area (Å²) in [6.07, 6.45) is 5.75. The van der Waals surface area contributed by atoms with Crippen LogP contribution in [0.5, 0.6) is 0 Å². The summed E-state index contributed by atoms with van der Waals surface area (Å²) >= 11 is 0. The van der Waals surface area contributed by atoms with Crippen LogP contribution in [0.1, 0.15) is 44.6 Å². The number of anilines is 1. The number of nitrogens with zero attached hydrogens (tertiary/aromatic N) is 1. The second-order valence-corrected chi connectivity index (χ2v) is 9.21. The number of carbonyl (C=O) groups is 1. The standard InChI is InChI=1S/C18H25N3O3S/c1-12(22)21-8-2-3-13-4-7-17(11-18(13)21)25(23,24)20-16-9-14-5-6-15(10-16)19-14/h4,7,11,14-16,19-20H,2-3,5-6,8-10H2,1H3. The van der Waals surface area contributed by atoms with Crippen molar-refractivity contribution in [3.8, 4) is 0 Å². The molecule has 6 nitrogen and oxygen atoms in total. The lowest BCUT2D eigenvalue weighted by Crippen LogP contribution is -2.47. The molecule has 0 spiro atoms. The summed E-state index contributed by atoms with van der Waals surface area (Å²) < 4.78 is 28.6. The molecule has 0 aromatic heterocycles. The molecule has 2 fully saturated rings. The van der Waals surface area contributed by atoms with Crippen molar-refractivity contribution in [2.24, 2.45) is 0 Å². The number of piperidine rings is 1. The van der Waals surface area contributed by atoms with Gasteiger partial charge in [0.15, 0.2) is 0 Å². The van der Waals surface area contributed by atoms with E-state index in [1.165, 1.54) is 6.92 Å². The number of sulfonamides is 1. The van der Waals surface area contributed by atoms with Crippen molar-refractivity contribution >= 4 is 21.6 Å². The van der Waals surface area contributed by atoms with Gasteiger partial charge in [0.25, 0.3) is 0 Å². The molecule has 1 aromatic carbocycles. The molecule has 2 bridgehead atoms. The molecule has 2 unspecified atom stereocenters. The third-order valence-corrected chi connectivity index (χ3v) is 7.18. The van der Waals surface area contributed by atoms with Crippen LogP contribution in [0.4, 0.5) is 5.69 Å². The van der Waals surface area contributed by atoms with Gasteiger partial charge in [-0.05, 0) is 56.2 Å². The molecule has 3 aliphatic rings. The summed E-state index contributed by atoms with van der Waals surface area (Å²) in [6, 6.07) is 6.04. The lowest BCUT2D eigenvalue weighted by molar-refractivity contribution is -0.116. The number of hydrogen-bond acceptors (Lipinski definition) is 4. The van der Waals surface area contributed by atoms with Crippen molar-refractivity contribution in [2.75, 3.05) is 11.4 Å². The lowest BCUT2D eigenvalue weighted by Gasteiger charge is -2.30. The minimum Gasteiger partial charge on any atom is -0.312 e. The molecule has 2 atom stereocenters. The van der Waals surface area contributed by atoms with E-state index >= 15 is 0 Å². The number of aryl methyl sites for hydroxylation is 1. The van der Waals surface area contributed by atoms with Crippen molar-refractivity contribution in [2.45, 2.75) is 68.5 Å². The Hall–Kier alpha value is -1.44. The van der Waals surface area contributed by atoms with Crippen LogP contribution in [0.2, 0.25) is 0 Å². The fourth-order valence-corrected chi connectivity index (χ4v) is 5.77. The van der Waals surface area contributed by atoms with Crippen molar-refractivity contribution in [1.29, 1.82) is 0 Å². The molecule has 0 radical (unpaired) electrons. The number of rotatable bonds is 3. The number of fused-ring (bicyclic) bond motifs is 3. The molecule has 3 heterocycles. The molecule has 7 heteroatoms. The summed E-state index contributed by atoms with van der Waals surface area (Å²) in [6.45, 7) is 2.18. The molecule has 2 saturated heterocycles. The monoisotopic (exact) mass is 363 g/mol. The predicted molar refractivity (Wildman–Crippen MR) is 96.1 cm³/mol. The lowest BCUT2D eigenvalue weighted by atomic mass is 10.0. The summed E-state index contributed by atoms with van der Waals surface area (Å²) in [5.41, 5.74) is 1.78. The highest BCUT2D eigenvalue weighted by molar-refractivity contribution is 7.89. The Kier molecular flexibility index (Phi) is 4.33. The Labute approximate surface area is 149 Å². The van der Waals surface area contributed by atoms with Gasteiger partial charge in [0.05, 0.1) is 4.90 Å². The molecule has 1 amide bonds. The second-order valence-electron chi connectivity index (χ2n) is 7.49. The maximum Gasteiger partial charge on any atom is 0.240 e. The van der Waals surface area contributed by atoms with Crippen LogP contribution in [0.25, 0.3) is 0 Å². The van der Waals surface area contributed by atoms with E-state index in [-0.39, 0.29) is 16.8 Å². The number of carbonyl (C=O) groups excluding carboxylic acids is 1. The molecule has 0 saturated carbocycles. The first-order valence-corrected chi connectivity index (χ1v) is 10.6. The molecular weight excluding hydrogens is 338 g/mol. The van der Waals surface area contributed by atoms with E-state index in [0.717, 1.165) is 49.8 Å². The van der Waals surface area contributed by atoms with Crippen molar-refractivity contribution in [3.63, 3.8) is 0 Å². The topological polar surface area (TPSA) is 78.5 Å². The molecule has 2 N–H and O–H groups in total. The maximum atomic E-state index is 12.9. The highest BCUT2D eigenvalue weighted by Gasteiger charge is 2.35. The zero-order chi connectivity index (χ0) is 17.6. The molecule has 25 heavy (non-hydrogen) atoms. The summed E-state index contributed by atoms with van der Waals surface area (Å²) in [4.78, 5) is 13.8. The molecule has 136 valence electrons. The molecular formula is C18H25N3O3S. The average molecular weight is 363 g/mol. The first-order chi connectivity index (χ1) is 11.9. The van der Waals surface area contributed by atoms with Crippen LogP contribution in [-0.2, 0) is 21.2 Å². The van der Waals surface area contributed by atoms with Gasteiger partial charge in [-0.15, -0.1) is 0 Å². The van der Waals surface area contributed by atoms with Crippen molar-refractivity contribution < 1.29 is 13.2 Å². The summed E-state index contributed by atoms with van der Waals surface area (Å²) in [5, 5.41) is 3.53. The van der Waals surface area contributed by atoms with E-state index in [1.54, 1.807) is 17.0 Å². The van der Waals surface area contributed by atoms with Gasteiger partial charge in [0.2, 0.25) is 15.9 Å². The van der Waals surface area contributed by atoms with E-state index in [0.29, 0.717) is 18.6 Å². The third kappa shape index (κ3) is 3.32. The van der Waals surface area contributed by atoms with Gasteiger partial charge < -0.3 is 10.2 Å². The van der Waals surface area contributed by atoms with Gasteiger partial charge in [-0.1, -0.05) is 6.07 Å². The molecule has 0 aliphatic carbocycles. The number of hydrogen-bond donors (Lipinski definition) is 2. The van der Waals surface area contributed by atoms with Gasteiger partial charge in [0.1, 0.15) is 0 Å². The average Bonchev–Trinajstić information content (AvgIpc) is 2.92. The zero-order valence-corrected chi connectivity index (χ0v) is 15.3. The van der Waals surface area contributed by atoms with Crippen LogP contribution in [0.15, 0.2) is 23.1 Å². The minimum absolute atomic E-state index is 0.0105. The fourth-order valence-electron chi connectivity index (χ4n) is 4.49. The van der Waals surface area contributed by atoms with E-state index in [9.17, 15) is 13.2 Å². The maximum absolute atomic E-state index is 12.9. The molecule has 3 aliphatic heterocycles. The van der Waals surface area contributed by atoms with Gasteiger partial charge >= 0.3 is 0 Å². The highest BCUT2D eigenvalue weighted by Crippen LogP contribution is 2.31. The van der Waals surface area contributed by atoms with E-state index in [1.807, 2.05) is 6.07 Å². The van der Waals surface area contributed by atoms with Crippen molar-refractivity contribution in [3.05, 3.63) is 23.8 Å². The van der Waals surface area contributed by atoms with Crippen LogP contribution < -0.4 is 14.9 Å². The van der Waals surface area contributed by atoms with E-state index in [4.69, 9.17) is 0 Å². The van der Waals surface area contributed by atoms with Gasteiger partial charge in [0, 0.05) is 37.3 Å². The first-order valence-electron chi connectivity index (χ1n) is 9.12. The quantitative estimate of drug-likeness (QED) is 0.854. The highest BCUT2D eigenvalue weighted by atomic mass is 32.2. The van der Waals surface area contributed by atoms with Crippen LogP contribution in [0.3, 0.4) is 0 Å². The molecule has 1 aromatic rings. The Balaban J connectivity index is 1.58. The second kappa shape index (κ2) is 6.37.